The molecule has 21 heavy (non-hydrogen) atoms. The zero-order valence-corrected chi connectivity index (χ0v) is 12.2. The van der Waals surface area contributed by atoms with Crippen LogP contribution in [0.5, 0.6) is 5.75 Å². The van der Waals surface area contributed by atoms with E-state index < -0.39 is 18.0 Å². The molecule has 3 amide bonds. The Bertz CT molecular complexity index is 513. The van der Waals surface area contributed by atoms with Crippen LogP contribution >= 0.6 is 0 Å². The molecule has 0 aliphatic rings. The minimum atomic E-state index is -0.993. The average Bonchev–Trinajstić information content (AvgIpc) is 2.47. The lowest BCUT2D eigenvalue weighted by Gasteiger charge is -2.16. The first-order valence-corrected chi connectivity index (χ1v) is 6.43. The number of carbonyl (C=O) groups is 3. The molecule has 0 heterocycles. The SMILES string of the molecule is CNC(=O)CC(NC(=O)Oc1ccc(C)cc1)C(=O)NC. The lowest BCUT2D eigenvalue weighted by molar-refractivity contribution is -0.127. The van der Waals surface area contributed by atoms with E-state index in [1.165, 1.54) is 14.1 Å². The van der Waals surface area contributed by atoms with Crippen molar-refractivity contribution >= 4 is 17.9 Å². The topological polar surface area (TPSA) is 96.5 Å². The van der Waals surface area contributed by atoms with Gasteiger partial charge >= 0.3 is 6.09 Å². The highest BCUT2D eigenvalue weighted by Crippen LogP contribution is 2.11. The number of benzene rings is 1. The van der Waals surface area contributed by atoms with Crippen molar-refractivity contribution in [2.45, 2.75) is 19.4 Å². The summed E-state index contributed by atoms with van der Waals surface area (Å²) in [6.07, 6.45) is -0.963. The number of carbonyl (C=O) groups excluding carboxylic acids is 3. The third-order valence-electron chi connectivity index (χ3n) is 2.75. The molecule has 3 N–H and O–H groups in total. The molecule has 0 aromatic heterocycles. The number of rotatable bonds is 5. The van der Waals surface area contributed by atoms with E-state index in [4.69, 9.17) is 4.74 Å². The van der Waals surface area contributed by atoms with Gasteiger partial charge < -0.3 is 20.7 Å². The van der Waals surface area contributed by atoms with E-state index >= 15 is 0 Å². The van der Waals surface area contributed by atoms with E-state index in [1.54, 1.807) is 24.3 Å². The van der Waals surface area contributed by atoms with E-state index in [1.807, 2.05) is 6.92 Å². The minimum absolute atomic E-state index is 0.167. The molecule has 1 unspecified atom stereocenters. The summed E-state index contributed by atoms with van der Waals surface area (Å²) in [5, 5.41) is 7.14. The minimum Gasteiger partial charge on any atom is -0.410 e. The highest BCUT2D eigenvalue weighted by molar-refractivity contribution is 5.90. The fourth-order valence-electron chi connectivity index (χ4n) is 1.56. The fourth-order valence-corrected chi connectivity index (χ4v) is 1.56. The third kappa shape index (κ3) is 5.52. The standard InChI is InChI=1S/C14H19N3O4/c1-9-4-6-10(7-5-9)21-14(20)17-11(13(19)16-3)8-12(18)15-2/h4-7,11H,8H2,1-3H3,(H,15,18)(H,16,19)(H,17,20). The molecule has 1 aromatic carbocycles. The van der Waals surface area contributed by atoms with Gasteiger partial charge in [0.15, 0.2) is 0 Å². The Morgan fingerprint density at radius 1 is 1.10 bits per heavy atom. The number of amides is 3. The molecule has 1 atom stereocenters. The van der Waals surface area contributed by atoms with Crippen molar-refractivity contribution in [1.29, 1.82) is 0 Å². The zero-order chi connectivity index (χ0) is 15.8. The molecule has 0 radical (unpaired) electrons. The number of hydrogen-bond donors (Lipinski definition) is 3. The van der Waals surface area contributed by atoms with Gasteiger partial charge in [0.25, 0.3) is 0 Å². The number of hydrogen-bond acceptors (Lipinski definition) is 4. The molecule has 0 aliphatic carbocycles. The molecule has 0 aliphatic heterocycles. The van der Waals surface area contributed by atoms with Gasteiger partial charge in [0.1, 0.15) is 11.8 Å². The van der Waals surface area contributed by atoms with Crippen LogP contribution in [0.4, 0.5) is 4.79 Å². The molecule has 7 heteroatoms. The van der Waals surface area contributed by atoms with Crippen LogP contribution in [0.1, 0.15) is 12.0 Å². The largest absolute Gasteiger partial charge is 0.413 e. The van der Waals surface area contributed by atoms with Crippen molar-refractivity contribution in [3.8, 4) is 5.75 Å². The second kappa shape index (κ2) is 7.88. The van der Waals surface area contributed by atoms with Gasteiger partial charge in [-0.25, -0.2) is 4.79 Å². The van der Waals surface area contributed by atoms with Gasteiger partial charge in [0, 0.05) is 14.1 Å². The third-order valence-corrected chi connectivity index (χ3v) is 2.75. The van der Waals surface area contributed by atoms with E-state index in [2.05, 4.69) is 16.0 Å². The Kier molecular flexibility index (Phi) is 6.19. The highest BCUT2D eigenvalue weighted by atomic mass is 16.6. The zero-order valence-electron chi connectivity index (χ0n) is 12.2. The maximum absolute atomic E-state index is 11.8. The van der Waals surface area contributed by atoms with Gasteiger partial charge in [-0.3, -0.25) is 9.59 Å². The quantitative estimate of drug-likeness (QED) is 0.729. The van der Waals surface area contributed by atoms with Crippen molar-refractivity contribution < 1.29 is 19.1 Å². The summed E-state index contributed by atoms with van der Waals surface area (Å²) in [7, 11) is 2.88. The van der Waals surface area contributed by atoms with Gasteiger partial charge in [-0.15, -0.1) is 0 Å². The molecule has 0 fully saturated rings. The van der Waals surface area contributed by atoms with E-state index in [9.17, 15) is 14.4 Å². The highest BCUT2D eigenvalue weighted by Gasteiger charge is 2.23. The summed E-state index contributed by atoms with van der Waals surface area (Å²) in [6.45, 7) is 1.91. The van der Waals surface area contributed by atoms with Gasteiger partial charge in [0.05, 0.1) is 6.42 Å². The van der Waals surface area contributed by atoms with Gasteiger partial charge in [-0.05, 0) is 19.1 Å². The van der Waals surface area contributed by atoms with Crippen molar-refractivity contribution in [2.75, 3.05) is 14.1 Å². The van der Waals surface area contributed by atoms with Gasteiger partial charge in [-0.1, -0.05) is 17.7 Å². The maximum Gasteiger partial charge on any atom is 0.413 e. The van der Waals surface area contributed by atoms with Crippen LogP contribution in [0.25, 0.3) is 0 Å². The Hall–Kier alpha value is -2.57. The Balaban J connectivity index is 2.64. The van der Waals surface area contributed by atoms with E-state index in [-0.39, 0.29) is 12.3 Å². The number of aryl methyl sites for hydroxylation is 1. The molecule has 1 aromatic rings. The van der Waals surface area contributed by atoms with Crippen LogP contribution in [0.2, 0.25) is 0 Å². The molecule has 0 saturated heterocycles. The molecule has 1 rings (SSSR count). The summed E-state index contributed by atoms with van der Waals surface area (Å²) < 4.78 is 5.05. The molecule has 0 saturated carbocycles. The Morgan fingerprint density at radius 3 is 2.24 bits per heavy atom. The molecular weight excluding hydrogens is 274 g/mol. The first kappa shape index (κ1) is 16.5. The smallest absolute Gasteiger partial charge is 0.410 e. The van der Waals surface area contributed by atoms with Crippen molar-refractivity contribution in [1.82, 2.24) is 16.0 Å². The molecular formula is C14H19N3O4. The van der Waals surface area contributed by atoms with Crippen molar-refractivity contribution in [2.24, 2.45) is 0 Å². The average molecular weight is 293 g/mol. The molecule has 114 valence electrons. The Labute approximate surface area is 123 Å². The Morgan fingerprint density at radius 2 is 1.71 bits per heavy atom. The van der Waals surface area contributed by atoms with Crippen LogP contribution in [-0.4, -0.2) is 38.0 Å². The van der Waals surface area contributed by atoms with Crippen molar-refractivity contribution in [3.05, 3.63) is 29.8 Å². The lowest BCUT2D eigenvalue weighted by Crippen LogP contribution is -2.48. The van der Waals surface area contributed by atoms with Crippen LogP contribution in [0.3, 0.4) is 0 Å². The van der Waals surface area contributed by atoms with Crippen LogP contribution in [-0.2, 0) is 9.59 Å². The number of nitrogens with one attached hydrogen (secondary N) is 3. The van der Waals surface area contributed by atoms with Gasteiger partial charge in [0.2, 0.25) is 11.8 Å². The lowest BCUT2D eigenvalue weighted by atomic mass is 10.2. The number of likely N-dealkylation sites (N-methyl/N-ethyl adjacent to an activating group) is 1. The summed E-state index contributed by atoms with van der Waals surface area (Å²) >= 11 is 0. The number of ether oxygens (including phenoxy) is 1. The van der Waals surface area contributed by atoms with Crippen LogP contribution in [0, 0.1) is 6.92 Å². The predicted molar refractivity (Wildman–Crippen MR) is 76.9 cm³/mol. The van der Waals surface area contributed by atoms with Crippen molar-refractivity contribution in [3.63, 3.8) is 0 Å². The van der Waals surface area contributed by atoms with Crippen LogP contribution < -0.4 is 20.7 Å². The summed E-state index contributed by atoms with van der Waals surface area (Å²) in [4.78, 5) is 34.7. The summed E-state index contributed by atoms with van der Waals surface area (Å²) in [6, 6.07) is 5.88. The normalized spacial score (nSPS) is 11.2. The first-order chi connectivity index (χ1) is 9.96. The van der Waals surface area contributed by atoms with E-state index in [0.717, 1.165) is 5.56 Å². The summed E-state index contributed by atoms with van der Waals surface area (Å²) in [5.41, 5.74) is 1.03. The summed E-state index contributed by atoms with van der Waals surface area (Å²) in [5.74, 6) is -0.479. The fraction of sp³-hybridized carbons (Fsp3) is 0.357. The first-order valence-electron chi connectivity index (χ1n) is 6.43. The molecule has 7 nitrogen and oxygen atoms in total. The molecule has 0 bridgehead atoms. The van der Waals surface area contributed by atoms with E-state index in [0.29, 0.717) is 5.75 Å². The monoisotopic (exact) mass is 293 g/mol. The molecule has 0 spiro atoms. The second-order valence-corrected chi connectivity index (χ2v) is 4.39. The maximum atomic E-state index is 11.8. The van der Waals surface area contributed by atoms with Gasteiger partial charge in [-0.2, -0.15) is 0 Å². The predicted octanol–water partition coefficient (Wildman–Crippen LogP) is 0.334. The van der Waals surface area contributed by atoms with Crippen LogP contribution in [0.15, 0.2) is 24.3 Å². The second-order valence-electron chi connectivity index (χ2n) is 4.39.